The van der Waals surface area contributed by atoms with Crippen LogP contribution < -0.4 is 4.31 Å². The third-order valence-corrected chi connectivity index (χ3v) is 6.64. The van der Waals surface area contributed by atoms with Crippen LogP contribution in [0, 0.1) is 0 Å². The molecule has 3 nitrogen and oxygen atoms in total. The number of benzene rings is 3. The van der Waals surface area contributed by atoms with Crippen LogP contribution in [0.25, 0.3) is 11.1 Å². The van der Waals surface area contributed by atoms with E-state index < -0.39 is 21.8 Å². The highest BCUT2D eigenvalue weighted by molar-refractivity contribution is 7.92. The zero-order valence-corrected chi connectivity index (χ0v) is 15.5. The SMILES string of the molecule is O=S(=O)(c1ccccc1)N1CCc2cc(-c3ccc(C(F)(F)F)cc3)ccc21. The van der Waals surface area contributed by atoms with Crippen LogP contribution >= 0.6 is 0 Å². The Morgan fingerprint density at radius 2 is 1.46 bits per heavy atom. The van der Waals surface area contributed by atoms with Gasteiger partial charge in [-0.2, -0.15) is 13.2 Å². The molecule has 0 spiro atoms. The number of sulfonamides is 1. The molecule has 3 aromatic rings. The minimum Gasteiger partial charge on any atom is -0.266 e. The van der Waals surface area contributed by atoms with Crippen molar-refractivity contribution >= 4 is 15.7 Å². The Hall–Kier alpha value is -2.80. The first-order valence-electron chi connectivity index (χ1n) is 8.65. The molecule has 1 aliphatic heterocycles. The molecule has 0 atom stereocenters. The zero-order chi connectivity index (χ0) is 19.9. The number of halogens is 3. The second kappa shape index (κ2) is 6.67. The van der Waals surface area contributed by atoms with E-state index in [1.807, 2.05) is 6.07 Å². The van der Waals surface area contributed by atoms with Gasteiger partial charge in [0.05, 0.1) is 16.1 Å². The maximum atomic E-state index is 12.9. The van der Waals surface area contributed by atoms with Crippen molar-refractivity contribution in [3.63, 3.8) is 0 Å². The molecule has 0 saturated heterocycles. The molecule has 0 saturated carbocycles. The lowest BCUT2D eigenvalue weighted by Crippen LogP contribution is -2.29. The number of alkyl halides is 3. The van der Waals surface area contributed by atoms with Crippen molar-refractivity contribution in [1.82, 2.24) is 0 Å². The highest BCUT2D eigenvalue weighted by Crippen LogP contribution is 2.36. The van der Waals surface area contributed by atoms with E-state index in [2.05, 4.69) is 0 Å². The normalized spacial score (nSPS) is 14.2. The van der Waals surface area contributed by atoms with Crippen LogP contribution in [0.4, 0.5) is 18.9 Å². The predicted molar refractivity (Wildman–Crippen MR) is 102 cm³/mol. The number of hydrogen-bond acceptors (Lipinski definition) is 2. The minimum absolute atomic E-state index is 0.231. The van der Waals surface area contributed by atoms with Gasteiger partial charge in [0.2, 0.25) is 0 Å². The molecule has 7 heteroatoms. The third kappa shape index (κ3) is 3.26. The number of fused-ring (bicyclic) bond motifs is 1. The van der Waals surface area contributed by atoms with E-state index >= 15 is 0 Å². The van der Waals surface area contributed by atoms with E-state index in [0.29, 0.717) is 24.2 Å². The molecule has 1 aliphatic rings. The van der Waals surface area contributed by atoms with Crippen molar-refractivity contribution in [2.24, 2.45) is 0 Å². The summed E-state index contributed by atoms with van der Waals surface area (Å²) >= 11 is 0. The van der Waals surface area contributed by atoms with Crippen LogP contribution in [0.3, 0.4) is 0 Å². The molecule has 3 aromatic carbocycles. The smallest absolute Gasteiger partial charge is 0.266 e. The highest BCUT2D eigenvalue weighted by Gasteiger charge is 2.31. The molecule has 1 heterocycles. The Balaban J connectivity index is 1.66. The van der Waals surface area contributed by atoms with Gasteiger partial charge in [0, 0.05) is 6.54 Å². The Kier molecular flexibility index (Phi) is 4.42. The van der Waals surface area contributed by atoms with E-state index in [0.717, 1.165) is 23.3 Å². The highest BCUT2D eigenvalue weighted by atomic mass is 32.2. The molecule has 0 N–H and O–H groups in total. The fourth-order valence-electron chi connectivity index (χ4n) is 3.37. The first kappa shape index (κ1) is 18.6. The second-order valence-electron chi connectivity index (χ2n) is 6.56. The van der Waals surface area contributed by atoms with Crippen molar-refractivity contribution < 1.29 is 21.6 Å². The van der Waals surface area contributed by atoms with Gasteiger partial charge in [-0.3, -0.25) is 4.31 Å². The fourth-order valence-corrected chi connectivity index (χ4v) is 4.90. The van der Waals surface area contributed by atoms with E-state index in [1.165, 1.54) is 16.4 Å². The summed E-state index contributed by atoms with van der Waals surface area (Å²) in [6.45, 7) is 0.336. The zero-order valence-electron chi connectivity index (χ0n) is 14.6. The molecule has 0 amide bonds. The summed E-state index contributed by atoms with van der Waals surface area (Å²) in [6.07, 6.45) is -3.82. The first-order valence-corrected chi connectivity index (χ1v) is 10.1. The molecule has 0 fully saturated rings. The van der Waals surface area contributed by atoms with Crippen LogP contribution in [-0.4, -0.2) is 15.0 Å². The van der Waals surface area contributed by atoms with E-state index in [9.17, 15) is 21.6 Å². The second-order valence-corrected chi connectivity index (χ2v) is 8.42. The summed E-state index contributed by atoms with van der Waals surface area (Å²) in [5.74, 6) is 0. The molecule has 28 heavy (non-hydrogen) atoms. The third-order valence-electron chi connectivity index (χ3n) is 4.81. The average molecular weight is 403 g/mol. The molecule has 0 radical (unpaired) electrons. The number of hydrogen-bond donors (Lipinski definition) is 0. The Labute approximate surface area is 161 Å². The van der Waals surface area contributed by atoms with Gasteiger partial charge in [-0.15, -0.1) is 0 Å². The molecule has 0 unspecified atom stereocenters. The standard InChI is InChI=1S/C21H16F3NO2S/c22-21(23,24)18-9-6-15(7-10-18)16-8-11-20-17(14-16)12-13-25(20)28(26,27)19-4-2-1-3-5-19/h1-11,14H,12-13H2. The number of rotatable bonds is 3. The topological polar surface area (TPSA) is 37.4 Å². The lowest BCUT2D eigenvalue weighted by molar-refractivity contribution is -0.137. The van der Waals surface area contributed by atoms with Gasteiger partial charge >= 0.3 is 6.18 Å². The van der Waals surface area contributed by atoms with Gasteiger partial charge in [-0.1, -0.05) is 36.4 Å². The summed E-state index contributed by atoms with van der Waals surface area (Å²) in [5.41, 5.74) is 2.18. The molecule has 144 valence electrons. The van der Waals surface area contributed by atoms with Crippen molar-refractivity contribution in [3.8, 4) is 11.1 Å². The molecule has 0 aliphatic carbocycles. The van der Waals surface area contributed by atoms with Crippen molar-refractivity contribution in [2.45, 2.75) is 17.5 Å². The fraction of sp³-hybridized carbons (Fsp3) is 0.143. The van der Waals surface area contributed by atoms with Crippen LogP contribution in [-0.2, 0) is 22.6 Å². The van der Waals surface area contributed by atoms with Gasteiger partial charge in [0.25, 0.3) is 10.0 Å². The van der Waals surface area contributed by atoms with Crippen LogP contribution in [0.1, 0.15) is 11.1 Å². The van der Waals surface area contributed by atoms with Crippen LogP contribution in [0.5, 0.6) is 0 Å². The number of nitrogens with zero attached hydrogens (tertiary/aromatic N) is 1. The van der Waals surface area contributed by atoms with Crippen molar-refractivity contribution in [3.05, 3.63) is 83.9 Å². The minimum atomic E-state index is -4.37. The van der Waals surface area contributed by atoms with Gasteiger partial charge in [-0.25, -0.2) is 8.42 Å². The van der Waals surface area contributed by atoms with Gasteiger partial charge in [-0.05, 0) is 59.5 Å². The Morgan fingerprint density at radius 1 is 0.821 bits per heavy atom. The maximum Gasteiger partial charge on any atom is 0.416 e. The monoisotopic (exact) mass is 403 g/mol. The lowest BCUT2D eigenvalue weighted by atomic mass is 10.0. The van der Waals surface area contributed by atoms with Crippen LogP contribution in [0.15, 0.2) is 77.7 Å². The summed E-state index contributed by atoms with van der Waals surface area (Å²) in [6, 6.07) is 18.5. The molecule has 0 bridgehead atoms. The lowest BCUT2D eigenvalue weighted by Gasteiger charge is -2.19. The summed E-state index contributed by atoms with van der Waals surface area (Å²) in [4.78, 5) is 0.231. The summed E-state index contributed by atoms with van der Waals surface area (Å²) in [5, 5.41) is 0. The van der Waals surface area contributed by atoms with Gasteiger partial charge in [0.15, 0.2) is 0 Å². The van der Waals surface area contributed by atoms with Crippen LogP contribution in [0.2, 0.25) is 0 Å². The summed E-state index contributed by atoms with van der Waals surface area (Å²) in [7, 11) is -3.64. The average Bonchev–Trinajstić information content (AvgIpc) is 3.12. The quantitative estimate of drug-likeness (QED) is 0.608. The van der Waals surface area contributed by atoms with Crippen molar-refractivity contribution in [2.75, 3.05) is 10.8 Å². The predicted octanol–water partition coefficient (Wildman–Crippen LogP) is 5.12. The largest absolute Gasteiger partial charge is 0.416 e. The van der Waals surface area contributed by atoms with E-state index in [-0.39, 0.29) is 4.90 Å². The molecular weight excluding hydrogens is 387 g/mol. The first-order chi connectivity index (χ1) is 13.3. The molecule has 4 rings (SSSR count). The number of anilines is 1. The Bertz CT molecular complexity index is 1110. The van der Waals surface area contributed by atoms with E-state index in [4.69, 9.17) is 0 Å². The maximum absolute atomic E-state index is 12.9. The van der Waals surface area contributed by atoms with E-state index in [1.54, 1.807) is 42.5 Å². The molecular formula is C21H16F3NO2S. The Morgan fingerprint density at radius 3 is 2.11 bits per heavy atom. The van der Waals surface area contributed by atoms with Crippen molar-refractivity contribution in [1.29, 1.82) is 0 Å². The van der Waals surface area contributed by atoms with Gasteiger partial charge < -0.3 is 0 Å². The summed E-state index contributed by atoms with van der Waals surface area (Å²) < 4.78 is 65.4. The van der Waals surface area contributed by atoms with Gasteiger partial charge in [0.1, 0.15) is 0 Å². The molecule has 0 aromatic heterocycles.